The van der Waals surface area contributed by atoms with Crippen LogP contribution in [0.15, 0.2) is 32.0 Å². The molecule has 1 aromatic heterocycles. The van der Waals surface area contributed by atoms with Gasteiger partial charge in [0.05, 0.1) is 20.1 Å². The molecule has 0 aliphatic rings. The number of halogens is 2. The lowest BCUT2D eigenvalue weighted by atomic mass is 10.2. The summed E-state index contributed by atoms with van der Waals surface area (Å²) in [6, 6.07) is 3.43. The highest BCUT2D eigenvalue weighted by molar-refractivity contribution is 9.11. The second-order valence-corrected chi connectivity index (χ2v) is 5.63. The first kappa shape index (κ1) is 12.7. The van der Waals surface area contributed by atoms with Crippen LogP contribution in [0.25, 0.3) is 0 Å². The van der Waals surface area contributed by atoms with Crippen molar-refractivity contribution in [1.29, 1.82) is 0 Å². The number of hydrogen-bond acceptors (Lipinski definition) is 4. The van der Waals surface area contributed by atoms with Crippen LogP contribution in [0.5, 0.6) is 5.75 Å². The van der Waals surface area contributed by atoms with Crippen molar-refractivity contribution in [2.45, 2.75) is 6.61 Å². The van der Waals surface area contributed by atoms with E-state index >= 15 is 0 Å². The van der Waals surface area contributed by atoms with Gasteiger partial charge in [0.1, 0.15) is 18.6 Å². The SMILES string of the molecule is O=Cc1cc(Br)c(OCc2cscn2)c(Br)c1. The van der Waals surface area contributed by atoms with Crippen LogP contribution in [0, 0.1) is 0 Å². The molecule has 0 bridgehead atoms. The van der Waals surface area contributed by atoms with Gasteiger partial charge in [-0.25, -0.2) is 4.98 Å². The third kappa shape index (κ3) is 3.14. The molecule has 0 unspecified atom stereocenters. The fraction of sp³-hybridized carbons (Fsp3) is 0.0909. The van der Waals surface area contributed by atoms with E-state index in [2.05, 4.69) is 36.8 Å². The van der Waals surface area contributed by atoms with Gasteiger partial charge in [-0.15, -0.1) is 11.3 Å². The van der Waals surface area contributed by atoms with Crippen LogP contribution >= 0.6 is 43.2 Å². The first-order valence-corrected chi connectivity index (χ1v) is 7.17. The first-order valence-electron chi connectivity index (χ1n) is 4.65. The van der Waals surface area contributed by atoms with Crippen LogP contribution in [-0.4, -0.2) is 11.3 Å². The number of benzene rings is 1. The summed E-state index contributed by atoms with van der Waals surface area (Å²) in [4.78, 5) is 14.8. The quantitative estimate of drug-likeness (QED) is 0.755. The molecule has 0 saturated heterocycles. The fourth-order valence-corrected chi connectivity index (χ4v) is 3.23. The molecule has 0 saturated carbocycles. The average molecular weight is 377 g/mol. The maximum absolute atomic E-state index is 10.7. The van der Waals surface area contributed by atoms with Gasteiger partial charge in [0, 0.05) is 10.9 Å². The van der Waals surface area contributed by atoms with Gasteiger partial charge in [0.15, 0.2) is 0 Å². The minimum atomic E-state index is 0.404. The molecule has 2 aromatic rings. The number of carbonyl (C=O) groups excluding carboxylic acids is 1. The maximum atomic E-state index is 10.7. The Kier molecular flexibility index (Phi) is 4.31. The summed E-state index contributed by atoms with van der Waals surface area (Å²) in [6.45, 7) is 0.404. The summed E-state index contributed by atoms with van der Waals surface area (Å²) in [6.07, 6.45) is 0.791. The van der Waals surface area contributed by atoms with Gasteiger partial charge >= 0.3 is 0 Å². The predicted octanol–water partition coefficient (Wildman–Crippen LogP) is 4.06. The Morgan fingerprint density at radius 2 is 2.06 bits per heavy atom. The van der Waals surface area contributed by atoms with Gasteiger partial charge in [-0.05, 0) is 44.0 Å². The molecule has 0 amide bonds. The summed E-state index contributed by atoms with van der Waals surface area (Å²) in [5, 5.41) is 1.93. The van der Waals surface area contributed by atoms with Gasteiger partial charge in [0.2, 0.25) is 0 Å². The Morgan fingerprint density at radius 1 is 1.35 bits per heavy atom. The van der Waals surface area contributed by atoms with E-state index in [1.807, 2.05) is 5.38 Å². The van der Waals surface area contributed by atoms with E-state index in [1.54, 1.807) is 17.6 Å². The lowest BCUT2D eigenvalue weighted by Gasteiger charge is -2.09. The Morgan fingerprint density at radius 3 is 2.59 bits per heavy atom. The van der Waals surface area contributed by atoms with Crippen molar-refractivity contribution in [2.75, 3.05) is 0 Å². The van der Waals surface area contributed by atoms with Gasteiger partial charge in [-0.3, -0.25) is 4.79 Å². The highest BCUT2D eigenvalue weighted by Gasteiger charge is 2.09. The molecule has 6 heteroatoms. The van der Waals surface area contributed by atoms with E-state index in [0.29, 0.717) is 17.9 Å². The predicted molar refractivity (Wildman–Crippen MR) is 73.7 cm³/mol. The number of thiazole rings is 1. The van der Waals surface area contributed by atoms with Crippen molar-refractivity contribution in [3.8, 4) is 5.75 Å². The van der Waals surface area contributed by atoms with Gasteiger partial charge in [-0.2, -0.15) is 0 Å². The van der Waals surface area contributed by atoms with E-state index < -0.39 is 0 Å². The molecule has 0 aliphatic heterocycles. The maximum Gasteiger partial charge on any atom is 0.150 e. The van der Waals surface area contributed by atoms with E-state index in [-0.39, 0.29) is 0 Å². The summed E-state index contributed by atoms with van der Waals surface area (Å²) >= 11 is 8.27. The Hall–Kier alpha value is -0.720. The van der Waals surface area contributed by atoms with Crippen molar-refractivity contribution in [1.82, 2.24) is 4.98 Å². The summed E-state index contributed by atoms with van der Waals surface area (Å²) < 4.78 is 7.13. The minimum absolute atomic E-state index is 0.404. The number of hydrogen-bond donors (Lipinski definition) is 0. The third-order valence-corrected chi connectivity index (χ3v) is 3.82. The molecule has 0 spiro atoms. The summed E-state index contributed by atoms with van der Waals surface area (Å²) in [5.41, 5.74) is 3.23. The highest BCUT2D eigenvalue weighted by atomic mass is 79.9. The molecule has 88 valence electrons. The van der Waals surface area contributed by atoms with Gasteiger partial charge in [-0.1, -0.05) is 0 Å². The molecule has 3 nitrogen and oxygen atoms in total. The molecule has 2 rings (SSSR count). The molecule has 0 aliphatic carbocycles. The molecule has 0 radical (unpaired) electrons. The minimum Gasteiger partial charge on any atom is -0.485 e. The smallest absolute Gasteiger partial charge is 0.150 e. The number of rotatable bonds is 4. The zero-order valence-electron chi connectivity index (χ0n) is 8.52. The normalized spacial score (nSPS) is 10.2. The summed E-state index contributed by atoms with van der Waals surface area (Å²) in [7, 11) is 0. The fourth-order valence-electron chi connectivity index (χ4n) is 1.24. The van der Waals surface area contributed by atoms with Crippen molar-refractivity contribution in [2.24, 2.45) is 0 Å². The monoisotopic (exact) mass is 375 g/mol. The molecule has 1 heterocycles. The van der Waals surface area contributed by atoms with Crippen LogP contribution in [0.2, 0.25) is 0 Å². The van der Waals surface area contributed by atoms with Crippen molar-refractivity contribution in [3.05, 3.63) is 43.2 Å². The molecule has 17 heavy (non-hydrogen) atoms. The third-order valence-electron chi connectivity index (χ3n) is 2.00. The largest absolute Gasteiger partial charge is 0.485 e. The van der Waals surface area contributed by atoms with E-state index in [1.165, 1.54) is 11.3 Å². The van der Waals surface area contributed by atoms with Crippen molar-refractivity contribution >= 4 is 49.5 Å². The Labute approximate surface area is 119 Å². The Balaban J connectivity index is 2.18. The number of carbonyl (C=O) groups is 1. The van der Waals surface area contributed by atoms with Crippen LogP contribution < -0.4 is 4.74 Å². The van der Waals surface area contributed by atoms with E-state index in [9.17, 15) is 4.79 Å². The lowest BCUT2D eigenvalue weighted by Crippen LogP contribution is -1.97. The molecule has 1 aromatic carbocycles. The average Bonchev–Trinajstić information content (AvgIpc) is 2.80. The topological polar surface area (TPSA) is 39.2 Å². The van der Waals surface area contributed by atoms with Crippen LogP contribution in [0.3, 0.4) is 0 Å². The molecular weight excluding hydrogens is 370 g/mol. The Bertz CT molecular complexity index is 505. The molecule has 0 fully saturated rings. The zero-order valence-corrected chi connectivity index (χ0v) is 12.5. The zero-order chi connectivity index (χ0) is 12.3. The molecule has 0 N–H and O–H groups in total. The van der Waals surface area contributed by atoms with Crippen LogP contribution in [0.4, 0.5) is 0 Å². The second-order valence-electron chi connectivity index (χ2n) is 3.20. The van der Waals surface area contributed by atoms with Gasteiger partial charge < -0.3 is 4.74 Å². The van der Waals surface area contributed by atoms with Gasteiger partial charge in [0.25, 0.3) is 0 Å². The molecule has 0 atom stereocenters. The number of ether oxygens (including phenoxy) is 1. The van der Waals surface area contributed by atoms with Crippen LogP contribution in [-0.2, 0) is 6.61 Å². The van der Waals surface area contributed by atoms with E-state index in [0.717, 1.165) is 20.9 Å². The van der Waals surface area contributed by atoms with Crippen molar-refractivity contribution in [3.63, 3.8) is 0 Å². The van der Waals surface area contributed by atoms with E-state index in [4.69, 9.17) is 4.74 Å². The second kappa shape index (κ2) is 5.75. The summed E-state index contributed by atoms with van der Waals surface area (Å²) in [5.74, 6) is 0.670. The molecular formula is C11H7Br2NO2S. The standard InChI is InChI=1S/C11H7Br2NO2S/c12-9-1-7(3-15)2-10(13)11(9)16-4-8-5-17-6-14-8/h1-3,5-6H,4H2. The number of aromatic nitrogens is 1. The lowest BCUT2D eigenvalue weighted by molar-refractivity contribution is 0.112. The first-order chi connectivity index (χ1) is 8.20. The van der Waals surface area contributed by atoms with Crippen molar-refractivity contribution < 1.29 is 9.53 Å². The highest BCUT2D eigenvalue weighted by Crippen LogP contribution is 2.34. The number of nitrogens with zero attached hydrogens (tertiary/aromatic N) is 1. The van der Waals surface area contributed by atoms with Crippen LogP contribution in [0.1, 0.15) is 16.1 Å². The number of aldehydes is 1.